The average molecular weight is 224 g/mol. The predicted octanol–water partition coefficient (Wildman–Crippen LogP) is 3.27. The Balaban J connectivity index is 2.44. The minimum atomic E-state index is 0.833. The Bertz CT molecular complexity index is 667. The van der Waals surface area contributed by atoms with Gasteiger partial charge in [0.2, 0.25) is 0 Å². The molecule has 0 atom stereocenters. The van der Waals surface area contributed by atoms with Gasteiger partial charge in [-0.2, -0.15) is 0 Å². The highest BCUT2D eigenvalue weighted by molar-refractivity contribution is 6.52. The lowest BCUT2D eigenvalue weighted by atomic mass is 10.1. The van der Waals surface area contributed by atoms with Crippen LogP contribution in [-0.4, -0.2) is 9.52 Å². The molecule has 0 spiro atoms. The molecule has 2 radical (unpaired) electrons. The summed E-state index contributed by atoms with van der Waals surface area (Å²) in [6.45, 7) is 4.32. The molecule has 0 unspecified atom stereocenters. The van der Waals surface area contributed by atoms with Gasteiger partial charge in [0, 0.05) is 10.8 Å². The molecule has 0 saturated carbocycles. The summed E-state index contributed by atoms with van der Waals surface area (Å²) >= 11 is 0. The number of fused-ring (bicyclic) bond motifs is 3. The lowest BCUT2D eigenvalue weighted by Crippen LogP contribution is -2.08. The van der Waals surface area contributed by atoms with E-state index >= 15 is 0 Å². The quantitative estimate of drug-likeness (QED) is 0.578. The fourth-order valence-corrected chi connectivity index (χ4v) is 2.59. The summed E-state index contributed by atoms with van der Waals surface area (Å²) in [6.07, 6.45) is 0. The van der Waals surface area contributed by atoms with Crippen LogP contribution in [0.25, 0.3) is 21.9 Å². The van der Waals surface area contributed by atoms with E-state index in [9.17, 15) is 0 Å². The van der Waals surface area contributed by atoms with Crippen LogP contribution in [0.1, 0.15) is 5.56 Å². The van der Waals surface area contributed by atoms with Gasteiger partial charge in [-0.25, -0.2) is 0 Å². The van der Waals surface area contributed by atoms with Crippen LogP contribution < -0.4 is 5.19 Å². The molecule has 1 aromatic heterocycles. The topological polar surface area (TPSA) is 13.1 Å². The molecule has 0 aliphatic rings. The minimum absolute atomic E-state index is 0.833. The molecule has 2 aromatic carbocycles. The van der Waals surface area contributed by atoms with Crippen LogP contribution in [-0.2, 0) is 0 Å². The van der Waals surface area contributed by atoms with Crippen molar-refractivity contribution < 1.29 is 4.42 Å². The highest BCUT2D eigenvalue weighted by atomic mass is 28.2. The van der Waals surface area contributed by atoms with E-state index in [-0.39, 0.29) is 0 Å². The SMILES string of the molecule is C[Si]c1ccc2oc3ccc(C)cc3c2c1. The highest BCUT2D eigenvalue weighted by Crippen LogP contribution is 2.28. The zero-order valence-electron chi connectivity index (χ0n) is 9.37. The van der Waals surface area contributed by atoms with Gasteiger partial charge in [0.25, 0.3) is 0 Å². The summed E-state index contributed by atoms with van der Waals surface area (Å²) in [5, 5.41) is 3.86. The van der Waals surface area contributed by atoms with Crippen molar-refractivity contribution in [3.63, 3.8) is 0 Å². The summed E-state index contributed by atoms with van der Waals surface area (Å²) < 4.78 is 5.81. The van der Waals surface area contributed by atoms with Gasteiger partial charge in [0.05, 0.1) is 9.52 Å². The smallest absolute Gasteiger partial charge is 0.135 e. The lowest BCUT2D eigenvalue weighted by molar-refractivity contribution is 0.669. The Hall–Kier alpha value is -1.54. The Labute approximate surface area is 96.9 Å². The first-order valence-corrected chi connectivity index (χ1v) is 6.88. The van der Waals surface area contributed by atoms with Crippen molar-refractivity contribution >= 4 is 36.6 Å². The standard InChI is InChI=1S/C14H12OSi/c1-9-3-5-13-11(7-9)12-8-10(16-2)4-6-14(12)15-13/h3-8H,1-2H3. The Kier molecular flexibility index (Phi) is 2.11. The van der Waals surface area contributed by atoms with Crippen LogP contribution >= 0.6 is 0 Å². The van der Waals surface area contributed by atoms with Crippen molar-refractivity contribution in [2.45, 2.75) is 13.5 Å². The minimum Gasteiger partial charge on any atom is -0.456 e. The van der Waals surface area contributed by atoms with E-state index in [1.165, 1.54) is 21.5 Å². The third-order valence-electron chi connectivity index (χ3n) is 2.91. The molecule has 0 aliphatic heterocycles. The molecule has 1 heterocycles. The molecule has 0 saturated heterocycles. The van der Waals surface area contributed by atoms with Crippen molar-refractivity contribution in [2.24, 2.45) is 0 Å². The van der Waals surface area contributed by atoms with Gasteiger partial charge in [-0.1, -0.05) is 35.5 Å². The maximum absolute atomic E-state index is 5.81. The monoisotopic (exact) mass is 224 g/mol. The van der Waals surface area contributed by atoms with E-state index in [1.807, 2.05) is 0 Å². The fourth-order valence-electron chi connectivity index (χ4n) is 2.05. The molecule has 1 nitrogen and oxygen atoms in total. The van der Waals surface area contributed by atoms with Crippen LogP contribution in [0.3, 0.4) is 0 Å². The Morgan fingerprint density at radius 1 is 0.938 bits per heavy atom. The first-order valence-electron chi connectivity index (χ1n) is 5.38. The maximum atomic E-state index is 5.81. The third-order valence-corrected chi connectivity index (χ3v) is 3.80. The van der Waals surface area contributed by atoms with Gasteiger partial charge in [-0.3, -0.25) is 0 Å². The molecule has 0 N–H and O–H groups in total. The van der Waals surface area contributed by atoms with Gasteiger partial charge < -0.3 is 4.42 Å². The largest absolute Gasteiger partial charge is 0.456 e. The number of furan rings is 1. The lowest BCUT2D eigenvalue weighted by Gasteiger charge is -1.95. The predicted molar refractivity (Wildman–Crippen MR) is 69.7 cm³/mol. The van der Waals surface area contributed by atoms with Crippen molar-refractivity contribution in [1.82, 2.24) is 0 Å². The van der Waals surface area contributed by atoms with Crippen LogP contribution in [0.2, 0.25) is 6.55 Å². The van der Waals surface area contributed by atoms with E-state index in [4.69, 9.17) is 4.42 Å². The van der Waals surface area contributed by atoms with Crippen LogP contribution in [0.4, 0.5) is 0 Å². The summed E-state index contributed by atoms with van der Waals surface area (Å²) in [5.74, 6) is 0. The normalized spacial score (nSPS) is 11.4. The van der Waals surface area contributed by atoms with Crippen LogP contribution in [0.15, 0.2) is 40.8 Å². The Morgan fingerprint density at radius 2 is 1.62 bits per heavy atom. The third kappa shape index (κ3) is 1.38. The van der Waals surface area contributed by atoms with E-state index in [2.05, 4.69) is 49.9 Å². The molecule has 78 valence electrons. The first kappa shape index (κ1) is 9.67. The molecule has 0 bridgehead atoms. The van der Waals surface area contributed by atoms with E-state index in [0.717, 1.165) is 20.7 Å². The van der Waals surface area contributed by atoms with Crippen molar-refractivity contribution in [2.75, 3.05) is 0 Å². The molecule has 3 aromatic rings. The zero-order chi connectivity index (χ0) is 11.1. The average Bonchev–Trinajstić information content (AvgIpc) is 2.66. The number of rotatable bonds is 1. The number of aryl methyl sites for hydroxylation is 1. The highest BCUT2D eigenvalue weighted by Gasteiger charge is 2.06. The van der Waals surface area contributed by atoms with Gasteiger partial charge in [-0.05, 0) is 25.1 Å². The van der Waals surface area contributed by atoms with Crippen LogP contribution in [0.5, 0.6) is 0 Å². The molecular formula is C14H12OSi. The molecular weight excluding hydrogens is 212 g/mol. The summed E-state index contributed by atoms with van der Waals surface area (Å²) in [5.41, 5.74) is 3.25. The van der Waals surface area contributed by atoms with E-state index in [1.54, 1.807) is 0 Å². The van der Waals surface area contributed by atoms with E-state index in [0.29, 0.717) is 0 Å². The second-order valence-corrected chi connectivity index (χ2v) is 5.14. The number of benzene rings is 2. The van der Waals surface area contributed by atoms with Crippen molar-refractivity contribution in [3.05, 3.63) is 42.0 Å². The molecule has 0 amide bonds. The van der Waals surface area contributed by atoms with Gasteiger partial charge in [0.1, 0.15) is 11.2 Å². The van der Waals surface area contributed by atoms with Gasteiger partial charge >= 0.3 is 0 Å². The number of hydrogen-bond donors (Lipinski definition) is 0. The molecule has 0 aliphatic carbocycles. The fraction of sp³-hybridized carbons (Fsp3) is 0.143. The summed E-state index contributed by atoms with van der Waals surface area (Å²) in [7, 11) is 0.833. The first-order chi connectivity index (χ1) is 7.78. The Morgan fingerprint density at radius 3 is 2.38 bits per heavy atom. The summed E-state index contributed by atoms with van der Waals surface area (Å²) in [4.78, 5) is 0. The maximum Gasteiger partial charge on any atom is 0.135 e. The second-order valence-electron chi connectivity index (χ2n) is 4.06. The number of hydrogen-bond acceptors (Lipinski definition) is 1. The van der Waals surface area contributed by atoms with Crippen LogP contribution in [0, 0.1) is 6.92 Å². The molecule has 0 fully saturated rings. The van der Waals surface area contributed by atoms with Crippen molar-refractivity contribution in [3.8, 4) is 0 Å². The van der Waals surface area contributed by atoms with Crippen molar-refractivity contribution in [1.29, 1.82) is 0 Å². The second kappa shape index (κ2) is 3.49. The zero-order valence-corrected chi connectivity index (χ0v) is 10.4. The van der Waals surface area contributed by atoms with Gasteiger partial charge in [0.15, 0.2) is 0 Å². The molecule has 3 rings (SSSR count). The van der Waals surface area contributed by atoms with Gasteiger partial charge in [-0.15, -0.1) is 0 Å². The van der Waals surface area contributed by atoms with E-state index < -0.39 is 0 Å². The summed E-state index contributed by atoms with van der Waals surface area (Å²) in [6, 6.07) is 12.8. The molecule has 16 heavy (non-hydrogen) atoms. The molecule has 2 heteroatoms.